The third kappa shape index (κ3) is 3.78. The van der Waals surface area contributed by atoms with E-state index in [1.165, 1.54) is 24.8 Å². The van der Waals surface area contributed by atoms with Gasteiger partial charge in [-0.15, -0.1) is 0 Å². The lowest BCUT2D eigenvalue weighted by Gasteiger charge is -2.15. The van der Waals surface area contributed by atoms with E-state index in [2.05, 4.69) is 16.7 Å². The molecule has 2 N–H and O–H groups in total. The minimum Gasteiger partial charge on any atom is -0.317 e. The maximum atomic E-state index is 5.95. The minimum absolute atomic E-state index is 0.647. The van der Waals surface area contributed by atoms with E-state index in [0.717, 1.165) is 24.7 Å². The largest absolute Gasteiger partial charge is 0.317 e. The molecule has 0 amide bonds. The summed E-state index contributed by atoms with van der Waals surface area (Å²) in [6.45, 7) is 3.22. The van der Waals surface area contributed by atoms with Crippen LogP contribution in [0.15, 0.2) is 24.3 Å². The van der Waals surface area contributed by atoms with Crippen LogP contribution in [0.3, 0.4) is 0 Å². The van der Waals surface area contributed by atoms with Gasteiger partial charge >= 0.3 is 0 Å². The van der Waals surface area contributed by atoms with Crippen LogP contribution < -0.4 is 10.6 Å². The first-order valence-corrected chi connectivity index (χ1v) is 6.41. The van der Waals surface area contributed by atoms with E-state index >= 15 is 0 Å². The fourth-order valence-electron chi connectivity index (χ4n) is 2.13. The third-order valence-corrected chi connectivity index (χ3v) is 3.29. The summed E-state index contributed by atoms with van der Waals surface area (Å²) in [5.41, 5.74) is 1.27. The van der Waals surface area contributed by atoms with Crippen molar-refractivity contribution in [3.05, 3.63) is 34.9 Å². The maximum absolute atomic E-state index is 5.95. The highest BCUT2D eigenvalue weighted by molar-refractivity contribution is 6.30. The number of rotatable bonds is 3. The van der Waals surface area contributed by atoms with Crippen LogP contribution in [-0.2, 0) is 6.54 Å². The molecule has 0 bridgehead atoms. The monoisotopic (exact) mass is 238 g/mol. The molecule has 88 valence electrons. The molecule has 1 aliphatic heterocycles. The van der Waals surface area contributed by atoms with Crippen LogP contribution in [0.25, 0.3) is 0 Å². The molecule has 1 aromatic rings. The normalized spacial score (nSPS) is 21.7. The van der Waals surface area contributed by atoms with Gasteiger partial charge in [-0.1, -0.05) is 23.7 Å². The van der Waals surface area contributed by atoms with Crippen molar-refractivity contribution in [1.82, 2.24) is 10.6 Å². The summed E-state index contributed by atoms with van der Waals surface area (Å²) in [6, 6.07) is 8.72. The summed E-state index contributed by atoms with van der Waals surface area (Å²) < 4.78 is 0. The first-order valence-electron chi connectivity index (χ1n) is 6.03. The van der Waals surface area contributed by atoms with Crippen LogP contribution in [0, 0.1) is 0 Å². The fraction of sp³-hybridized carbons (Fsp3) is 0.538. The topological polar surface area (TPSA) is 24.1 Å². The summed E-state index contributed by atoms with van der Waals surface area (Å²) >= 11 is 5.95. The zero-order chi connectivity index (χ0) is 11.2. The summed E-state index contributed by atoms with van der Waals surface area (Å²) in [5, 5.41) is 7.85. The van der Waals surface area contributed by atoms with Gasteiger partial charge in [0.25, 0.3) is 0 Å². The van der Waals surface area contributed by atoms with Gasteiger partial charge in [0.05, 0.1) is 0 Å². The van der Waals surface area contributed by atoms with E-state index in [1.54, 1.807) is 0 Å². The van der Waals surface area contributed by atoms with E-state index < -0.39 is 0 Å². The van der Waals surface area contributed by atoms with Crippen LogP contribution in [0.2, 0.25) is 5.02 Å². The molecule has 2 rings (SSSR count). The molecule has 1 aromatic carbocycles. The first kappa shape index (κ1) is 11.9. The summed E-state index contributed by atoms with van der Waals surface area (Å²) in [7, 11) is 0. The molecular weight excluding hydrogens is 220 g/mol. The molecule has 1 saturated heterocycles. The standard InChI is InChI=1S/C13H19ClN2/c14-12-4-1-3-11(9-12)10-16-13-5-2-7-15-8-6-13/h1,3-4,9,13,15-16H,2,5-8,10H2. The van der Waals surface area contributed by atoms with Gasteiger partial charge < -0.3 is 10.6 Å². The average Bonchev–Trinajstić information content (AvgIpc) is 2.55. The molecule has 16 heavy (non-hydrogen) atoms. The molecule has 2 nitrogen and oxygen atoms in total. The SMILES string of the molecule is Clc1cccc(CNC2CCCNCC2)c1. The van der Waals surface area contributed by atoms with Crippen molar-refractivity contribution in [3.63, 3.8) is 0 Å². The Morgan fingerprint density at radius 2 is 2.25 bits per heavy atom. The van der Waals surface area contributed by atoms with E-state index in [4.69, 9.17) is 11.6 Å². The lowest BCUT2D eigenvalue weighted by molar-refractivity contribution is 0.468. The summed E-state index contributed by atoms with van der Waals surface area (Å²) in [6.07, 6.45) is 3.77. The van der Waals surface area contributed by atoms with E-state index in [0.29, 0.717) is 6.04 Å². The van der Waals surface area contributed by atoms with Crippen molar-refractivity contribution in [3.8, 4) is 0 Å². The number of benzene rings is 1. The summed E-state index contributed by atoms with van der Waals surface area (Å²) in [5.74, 6) is 0. The van der Waals surface area contributed by atoms with Crippen LogP contribution in [0.1, 0.15) is 24.8 Å². The van der Waals surface area contributed by atoms with Gasteiger partial charge in [-0.2, -0.15) is 0 Å². The van der Waals surface area contributed by atoms with Gasteiger partial charge in [0, 0.05) is 17.6 Å². The Morgan fingerprint density at radius 3 is 3.12 bits per heavy atom. The quantitative estimate of drug-likeness (QED) is 0.846. The van der Waals surface area contributed by atoms with Crippen LogP contribution >= 0.6 is 11.6 Å². The highest BCUT2D eigenvalue weighted by Crippen LogP contribution is 2.11. The predicted molar refractivity (Wildman–Crippen MR) is 68.8 cm³/mol. The van der Waals surface area contributed by atoms with Crippen molar-refractivity contribution in [1.29, 1.82) is 0 Å². The number of nitrogens with one attached hydrogen (secondary N) is 2. The molecular formula is C13H19ClN2. The first-order chi connectivity index (χ1) is 7.84. The molecule has 0 spiro atoms. The predicted octanol–water partition coefficient (Wildman–Crippen LogP) is 2.57. The van der Waals surface area contributed by atoms with E-state index in [-0.39, 0.29) is 0 Å². The number of halogens is 1. The summed E-state index contributed by atoms with van der Waals surface area (Å²) in [4.78, 5) is 0. The average molecular weight is 239 g/mol. The van der Waals surface area contributed by atoms with Gasteiger partial charge in [-0.05, 0) is 50.0 Å². The zero-order valence-electron chi connectivity index (χ0n) is 9.51. The lowest BCUT2D eigenvalue weighted by atomic mass is 10.1. The van der Waals surface area contributed by atoms with Gasteiger partial charge in [0.15, 0.2) is 0 Å². The van der Waals surface area contributed by atoms with Crippen molar-refractivity contribution in [2.45, 2.75) is 31.8 Å². The Morgan fingerprint density at radius 1 is 1.31 bits per heavy atom. The van der Waals surface area contributed by atoms with Crippen molar-refractivity contribution < 1.29 is 0 Å². The van der Waals surface area contributed by atoms with Gasteiger partial charge in [-0.3, -0.25) is 0 Å². The van der Waals surface area contributed by atoms with Crippen molar-refractivity contribution in [2.75, 3.05) is 13.1 Å². The van der Waals surface area contributed by atoms with Crippen LogP contribution in [0.5, 0.6) is 0 Å². The minimum atomic E-state index is 0.647. The third-order valence-electron chi connectivity index (χ3n) is 3.06. The Balaban J connectivity index is 1.81. The van der Waals surface area contributed by atoms with E-state index in [1.807, 2.05) is 18.2 Å². The lowest BCUT2D eigenvalue weighted by Crippen LogP contribution is -2.29. The Bertz CT molecular complexity index is 319. The molecule has 0 aliphatic carbocycles. The second-order valence-electron chi connectivity index (χ2n) is 4.39. The molecule has 0 aromatic heterocycles. The molecule has 1 atom stereocenters. The number of hydrogen-bond donors (Lipinski definition) is 2. The molecule has 1 fully saturated rings. The Kier molecular flexibility index (Phi) is 4.64. The molecule has 3 heteroatoms. The molecule has 0 saturated carbocycles. The fourth-order valence-corrected chi connectivity index (χ4v) is 2.35. The zero-order valence-corrected chi connectivity index (χ0v) is 10.3. The smallest absolute Gasteiger partial charge is 0.0409 e. The van der Waals surface area contributed by atoms with Gasteiger partial charge in [0.1, 0.15) is 0 Å². The van der Waals surface area contributed by atoms with Crippen LogP contribution in [-0.4, -0.2) is 19.1 Å². The van der Waals surface area contributed by atoms with Gasteiger partial charge in [-0.25, -0.2) is 0 Å². The van der Waals surface area contributed by atoms with Crippen LogP contribution in [0.4, 0.5) is 0 Å². The molecule has 1 heterocycles. The second-order valence-corrected chi connectivity index (χ2v) is 4.83. The Hall–Kier alpha value is -0.570. The maximum Gasteiger partial charge on any atom is 0.0409 e. The second kappa shape index (κ2) is 6.24. The number of hydrogen-bond acceptors (Lipinski definition) is 2. The molecule has 1 unspecified atom stereocenters. The Labute approximate surface area is 102 Å². The van der Waals surface area contributed by atoms with E-state index in [9.17, 15) is 0 Å². The van der Waals surface area contributed by atoms with Crippen molar-refractivity contribution >= 4 is 11.6 Å². The van der Waals surface area contributed by atoms with Crippen molar-refractivity contribution in [2.24, 2.45) is 0 Å². The molecule has 0 radical (unpaired) electrons. The molecule has 1 aliphatic rings. The highest BCUT2D eigenvalue weighted by atomic mass is 35.5. The highest BCUT2D eigenvalue weighted by Gasteiger charge is 2.10. The van der Waals surface area contributed by atoms with Gasteiger partial charge in [0.2, 0.25) is 0 Å².